The SMILES string of the molecule is FC(F)(F)c1ccc2c(N3CCOCC3)cn(Cc3ccccc3)c2c1. The Labute approximate surface area is 149 Å². The first kappa shape index (κ1) is 17.0. The number of alkyl halides is 3. The lowest BCUT2D eigenvalue weighted by molar-refractivity contribution is -0.137. The van der Waals surface area contributed by atoms with Crippen LogP contribution in [0.3, 0.4) is 0 Å². The van der Waals surface area contributed by atoms with Crippen LogP contribution in [-0.4, -0.2) is 30.9 Å². The van der Waals surface area contributed by atoms with Crippen molar-refractivity contribution in [1.82, 2.24) is 4.57 Å². The van der Waals surface area contributed by atoms with Crippen LogP contribution in [0.1, 0.15) is 11.1 Å². The summed E-state index contributed by atoms with van der Waals surface area (Å²) in [5, 5.41) is 0.843. The van der Waals surface area contributed by atoms with Crippen LogP contribution in [0.25, 0.3) is 10.9 Å². The molecule has 3 nitrogen and oxygen atoms in total. The first-order valence-corrected chi connectivity index (χ1v) is 8.59. The molecule has 0 bridgehead atoms. The van der Waals surface area contributed by atoms with Crippen LogP contribution in [0.15, 0.2) is 54.7 Å². The molecule has 0 N–H and O–H groups in total. The average molecular weight is 360 g/mol. The number of hydrogen-bond acceptors (Lipinski definition) is 2. The lowest BCUT2D eigenvalue weighted by Gasteiger charge is -2.28. The molecule has 1 fully saturated rings. The predicted octanol–water partition coefficient (Wildman–Crippen LogP) is 4.55. The normalized spacial score (nSPS) is 15.6. The molecule has 3 aromatic rings. The molecule has 0 aliphatic carbocycles. The van der Waals surface area contributed by atoms with Gasteiger partial charge in [0.2, 0.25) is 0 Å². The van der Waals surface area contributed by atoms with Gasteiger partial charge in [0, 0.05) is 31.2 Å². The molecule has 26 heavy (non-hydrogen) atoms. The summed E-state index contributed by atoms with van der Waals surface area (Å²) in [7, 11) is 0. The molecular weight excluding hydrogens is 341 g/mol. The van der Waals surface area contributed by atoms with E-state index in [1.54, 1.807) is 6.07 Å². The van der Waals surface area contributed by atoms with Crippen molar-refractivity contribution in [3.05, 3.63) is 65.9 Å². The van der Waals surface area contributed by atoms with E-state index in [-0.39, 0.29) is 0 Å². The van der Waals surface area contributed by atoms with Crippen molar-refractivity contribution in [3.8, 4) is 0 Å². The standard InChI is InChI=1S/C20H19F3N2O/c21-20(22,23)16-6-7-17-18(12-16)25(13-15-4-2-1-3-5-15)14-19(17)24-8-10-26-11-9-24/h1-7,12,14H,8-11,13H2. The lowest BCUT2D eigenvalue weighted by atomic mass is 10.1. The number of halogens is 3. The number of anilines is 1. The van der Waals surface area contributed by atoms with Gasteiger partial charge in [-0.1, -0.05) is 36.4 Å². The molecule has 0 radical (unpaired) electrons. The van der Waals surface area contributed by atoms with Crippen molar-refractivity contribution in [2.45, 2.75) is 12.7 Å². The Hall–Kier alpha value is -2.47. The molecule has 136 valence electrons. The van der Waals surface area contributed by atoms with E-state index in [0.29, 0.717) is 25.3 Å². The van der Waals surface area contributed by atoms with Gasteiger partial charge in [0.25, 0.3) is 0 Å². The molecule has 0 unspecified atom stereocenters. The Morgan fingerprint density at radius 1 is 0.962 bits per heavy atom. The first-order valence-electron chi connectivity index (χ1n) is 8.59. The molecule has 1 aliphatic rings. The van der Waals surface area contributed by atoms with E-state index in [2.05, 4.69) is 4.90 Å². The summed E-state index contributed by atoms with van der Waals surface area (Å²) in [5.74, 6) is 0. The fourth-order valence-electron chi connectivity index (χ4n) is 3.42. The molecule has 1 saturated heterocycles. The van der Waals surface area contributed by atoms with Crippen molar-refractivity contribution >= 4 is 16.6 Å². The zero-order valence-corrected chi connectivity index (χ0v) is 14.2. The van der Waals surface area contributed by atoms with Gasteiger partial charge in [-0.2, -0.15) is 13.2 Å². The third-order valence-electron chi connectivity index (χ3n) is 4.74. The molecule has 0 saturated carbocycles. The van der Waals surface area contributed by atoms with Crippen LogP contribution < -0.4 is 4.90 Å². The molecular formula is C20H19F3N2O. The van der Waals surface area contributed by atoms with Crippen LogP contribution in [0.5, 0.6) is 0 Å². The highest BCUT2D eigenvalue weighted by Crippen LogP contribution is 2.36. The predicted molar refractivity (Wildman–Crippen MR) is 95.5 cm³/mol. The summed E-state index contributed by atoms with van der Waals surface area (Å²) in [6.45, 7) is 3.28. The quantitative estimate of drug-likeness (QED) is 0.682. The molecule has 2 heterocycles. The number of ether oxygens (including phenoxy) is 1. The smallest absolute Gasteiger partial charge is 0.378 e. The number of rotatable bonds is 3. The number of benzene rings is 2. The van der Waals surface area contributed by atoms with Gasteiger partial charge < -0.3 is 14.2 Å². The van der Waals surface area contributed by atoms with E-state index < -0.39 is 11.7 Å². The van der Waals surface area contributed by atoms with E-state index in [4.69, 9.17) is 4.74 Å². The maximum Gasteiger partial charge on any atom is 0.416 e. The van der Waals surface area contributed by atoms with Gasteiger partial charge in [-0.05, 0) is 17.7 Å². The van der Waals surface area contributed by atoms with Crippen molar-refractivity contribution in [1.29, 1.82) is 0 Å². The van der Waals surface area contributed by atoms with Crippen molar-refractivity contribution in [2.75, 3.05) is 31.2 Å². The fraction of sp³-hybridized carbons (Fsp3) is 0.300. The molecule has 0 spiro atoms. The number of nitrogens with zero attached hydrogens (tertiary/aromatic N) is 2. The fourth-order valence-corrected chi connectivity index (χ4v) is 3.42. The van der Waals surface area contributed by atoms with Crippen LogP contribution >= 0.6 is 0 Å². The largest absolute Gasteiger partial charge is 0.416 e. The van der Waals surface area contributed by atoms with Gasteiger partial charge in [0.15, 0.2) is 0 Å². The summed E-state index contributed by atoms with van der Waals surface area (Å²) in [4.78, 5) is 2.18. The Morgan fingerprint density at radius 3 is 2.38 bits per heavy atom. The van der Waals surface area contributed by atoms with Crippen LogP contribution in [0.4, 0.5) is 18.9 Å². The van der Waals surface area contributed by atoms with Crippen molar-refractivity contribution in [2.24, 2.45) is 0 Å². The summed E-state index contributed by atoms with van der Waals surface area (Å²) in [6.07, 6.45) is -2.39. The van der Waals surface area contributed by atoms with Gasteiger partial charge in [-0.25, -0.2) is 0 Å². The minimum Gasteiger partial charge on any atom is -0.378 e. The number of hydrogen-bond donors (Lipinski definition) is 0. The molecule has 4 rings (SSSR count). The van der Waals surface area contributed by atoms with Crippen LogP contribution in [0, 0.1) is 0 Å². The van der Waals surface area contributed by atoms with E-state index in [1.807, 2.05) is 41.1 Å². The lowest BCUT2D eigenvalue weighted by Crippen LogP contribution is -2.36. The van der Waals surface area contributed by atoms with Crippen molar-refractivity contribution < 1.29 is 17.9 Å². The van der Waals surface area contributed by atoms with Crippen molar-refractivity contribution in [3.63, 3.8) is 0 Å². The van der Waals surface area contributed by atoms with Gasteiger partial charge in [0.05, 0.1) is 30.0 Å². The highest BCUT2D eigenvalue weighted by Gasteiger charge is 2.31. The zero-order chi connectivity index (χ0) is 18.1. The number of morpholine rings is 1. The maximum absolute atomic E-state index is 13.2. The number of fused-ring (bicyclic) bond motifs is 1. The second-order valence-electron chi connectivity index (χ2n) is 6.46. The van der Waals surface area contributed by atoms with E-state index in [9.17, 15) is 13.2 Å². The summed E-state index contributed by atoms with van der Waals surface area (Å²) in [5.41, 5.74) is 2.00. The monoisotopic (exact) mass is 360 g/mol. The topological polar surface area (TPSA) is 17.4 Å². The Kier molecular flexibility index (Phi) is 4.36. The second kappa shape index (κ2) is 6.68. The average Bonchev–Trinajstić information content (AvgIpc) is 3.00. The first-order chi connectivity index (χ1) is 12.5. The van der Waals surface area contributed by atoms with Gasteiger partial charge in [0.1, 0.15) is 0 Å². The third-order valence-corrected chi connectivity index (χ3v) is 4.74. The highest BCUT2D eigenvalue weighted by molar-refractivity contribution is 5.94. The zero-order valence-electron chi connectivity index (χ0n) is 14.2. The molecule has 0 atom stereocenters. The highest BCUT2D eigenvalue weighted by atomic mass is 19.4. The summed E-state index contributed by atoms with van der Waals surface area (Å²) >= 11 is 0. The molecule has 6 heteroatoms. The molecule has 2 aromatic carbocycles. The Bertz CT molecular complexity index is 897. The molecule has 1 aromatic heterocycles. The van der Waals surface area contributed by atoms with E-state index in [1.165, 1.54) is 12.1 Å². The van der Waals surface area contributed by atoms with Gasteiger partial charge in [-0.15, -0.1) is 0 Å². The maximum atomic E-state index is 13.2. The molecule has 1 aliphatic heterocycles. The summed E-state index contributed by atoms with van der Waals surface area (Å²) in [6, 6.07) is 13.8. The minimum absolute atomic E-state index is 0.531. The van der Waals surface area contributed by atoms with Gasteiger partial charge >= 0.3 is 6.18 Å². The molecule has 0 amide bonds. The minimum atomic E-state index is -4.35. The Balaban J connectivity index is 1.82. The third kappa shape index (κ3) is 3.29. The van der Waals surface area contributed by atoms with Crippen LogP contribution in [0.2, 0.25) is 0 Å². The van der Waals surface area contributed by atoms with E-state index in [0.717, 1.165) is 29.7 Å². The second-order valence-corrected chi connectivity index (χ2v) is 6.46. The Morgan fingerprint density at radius 2 is 1.69 bits per heavy atom. The van der Waals surface area contributed by atoms with E-state index >= 15 is 0 Å². The van der Waals surface area contributed by atoms with Gasteiger partial charge in [-0.3, -0.25) is 0 Å². The summed E-state index contributed by atoms with van der Waals surface area (Å²) < 4.78 is 46.9. The number of aromatic nitrogens is 1. The van der Waals surface area contributed by atoms with Crippen LogP contribution in [-0.2, 0) is 17.5 Å².